The molecule has 1 N–H and O–H groups in total. The number of carbonyl (C=O) groups is 1. The van der Waals surface area contributed by atoms with Crippen LogP contribution in [0.1, 0.15) is 54.6 Å². The van der Waals surface area contributed by atoms with Crippen LogP contribution >= 0.6 is 0 Å². The summed E-state index contributed by atoms with van der Waals surface area (Å²) in [5.41, 5.74) is 1.16. The normalized spacial score (nSPS) is 15.3. The van der Waals surface area contributed by atoms with E-state index in [1.165, 1.54) is 6.42 Å². The molecule has 2 aromatic heterocycles. The Morgan fingerprint density at radius 3 is 2.87 bits per heavy atom. The SMILES string of the molecule is Cc1nccn1C[C@@H](C)CNC(=O)c1ccc2c(=O)n3c(nc2c1)CCCCCC3. The van der Waals surface area contributed by atoms with Crippen LogP contribution in [0, 0.1) is 12.8 Å². The number of fused-ring (bicyclic) bond motifs is 2. The largest absolute Gasteiger partial charge is 0.352 e. The summed E-state index contributed by atoms with van der Waals surface area (Å²) in [6.07, 6.45) is 8.94. The van der Waals surface area contributed by atoms with E-state index in [1.807, 2.05) is 17.7 Å². The summed E-state index contributed by atoms with van der Waals surface area (Å²) in [5, 5.41) is 3.59. The van der Waals surface area contributed by atoms with Crippen LogP contribution in [0.25, 0.3) is 10.9 Å². The number of nitrogens with one attached hydrogen (secondary N) is 1. The second-order valence-electron chi connectivity index (χ2n) is 8.32. The van der Waals surface area contributed by atoms with Gasteiger partial charge >= 0.3 is 0 Å². The molecule has 7 nitrogen and oxygen atoms in total. The summed E-state index contributed by atoms with van der Waals surface area (Å²) in [5.74, 6) is 1.94. The molecule has 30 heavy (non-hydrogen) atoms. The number of benzene rings is 1. The van der Waals surface area contributed by atoms with E-state index in [-0.39, 0.29) is 17.4 Å². The Bertz CT molecular complexity index is 1110. The minimum Gasteiger partial charge on any atom is -0.352 e. The third kappa shape index (κ3) is 4.30. The lowest BCUT2D eigenvalue weighted by atomic mass is 10.1. The van der Waals surface area contributed by atoms with Crippen LogP contribution in [0.3, 0.4) is 0 Å². The molecule has 0 saturated heterocycles. The highest BCUT2D eigenvalue weighted by molar-refractivity contribution is 5.97. The van der Waals surface area contributed by atoms with Crippen molar-refractivity contribution in [2.45, 2.75) is 59.0 Å². The molecule has 1 aliphatic heterocycles. The lowest BCUT2D eigenvalue weighted by molar-refractivity contribution is 0.0947. The van der Waals surface area contributed by atoms with Crippen molar-refractivity contribution in [1.82, 2.24) is 24.4 Å². The van der Waals surface area contributed by atoms with E-state index in [2.05, 4.69) is 21.8 Å². The van der Waals surface area contributed by atoms with Gasteiger partial charge in [0.1, 0.15) is 11.6 Å². The topological polar surface area (TPSA) is 81.8 Å². The second-order valence-corrected chi connectivity index (χ2v) is 8.32. The van der Waals surface area contributed by atoms with Crippen LogP contribution in [0.15, 0.2) is 35.4 Å². The monoisotopic (exact) mass is 407 g/mol. The summed E-state index contributed by atoms with van der Waals surface area (Å²) in [6, 6.07) is 5.21. The van der Waals surface area contributed by atoms with Crippen molar-refractivity contribution >= 4 is 16.8 Å². The Labute approximate surface area is 176 Å². The standard InChI is InChI=1S/C23H29N5O2/c1-16(15-27-12-10-24-17(27)2)14-25-22(29)18-8-9-19-20(13-18)26-21-7-5-3-4-6-11-28(21)23(19)30/h8-10,12-13,16H,3-7,11,14-15H2,1-2H3,(H,25,29)/t16-/m0/s1. The number of aryl methyl sites for hydroxylation is 2. The summed E-state index contributed by atoms with van der Waals surface area (Å²) >= 11 is 0. The first-order valence-corrected chi connectivity index (χ1v) is 10.8. The molecule has 0 unspecified atom stereocenters. The molecule has 0 radical (unpaired) electrons. The van der Waals surface area contributed by atoms with Gasteiger partial charge in [-0.15, -0.1) is 0 Å². The van der Waals surface area contributed by atoms with Crippen LogP contribution in [0.4, 0.5) is 0 Å². The third-order valence-corrected chi connectivity index (χ3v) is 5.87. The molecule has 0 bridgehead atoms. The van der Waals surface area contributed by atoms with Crippen molar-refractivity contribution in [3.8, 4) is 0 Å². The molecule has 1 aromatic carbocycles. The maximum atomic E-state index is 12.9. The Morgan fingerprint density at radius 1 is 1.23 bits per heavy atom. The van der Waals surface area contributed by atoms with E-state index in [9.17, 15) is 9.59 Å². The molecule has 1 atom stereocenters. The number of carbonyl (C=O) groups excluding carboxylic acids is 1. The zero-order valence-corrected chi connectivity index (χ0v) is 17.7. The van der Waals surface area contributed by atoms with Gasteiger partial charge in [0.25, 0.3) is 11.5 Å². The van der Waals surface area contributed by atoms with Gasteiger partial charge in [-0.2, -0.15) is 0 Å². The summed E-state index contributed by atoms with van der Waals surface area (Å²) in [6.45, 7) is 6.16. The fraction of sp³-hybridized carbons (Fsp3) is 0.478. The summed E-state index contributed by atoms with van der Waals surface area (Å²) in [7, 11) is 0. The van der Waals surface area contributed by atoms with Gasteiger partial charge < -0.3 is 9.88 Å². The fourth-order valence-electron chi connectivity index (χ4n) is 4.10. The minimum atomic E-state index is -0.139. The molecule has 3 heterocycles. The van der Waals surface area contributed by atoms with Crippen molar-refractivity contribution < 1.29 is 4.79 Å². The first-order chi connectivity index (χ1) is 14.5. The highest BCUT2D eigenvalue weighted by Crippen LogP contribution is 2.16. The molecule has 0 aliphatic carbocycles. The fourth-order valence-corrected chi connectivity index (χ4v) is 4.10. The molecule has 0 spiro atoms. The maximum absolute atomic E-state index is 12.9. The van der Waals surface area contributed by atoms with Crippen molar-refractivity contribution in [3.05, 3.63) is 58.2 Å². The van der Waals surface area contributed by atoms with Gasteiger partial charge in [0.15, 0.2) is 0 Å². The maximum Gasteiger partial charge on any atom is 0.261 e. The van der Waals surface area contributed by atoms with Crippen molar-refractivity contribution in [3.63, 3.8) is 0 Å². The highest BCUT2D eigenvalue weighted by Gasteiger charge is 2.15. The number of aromatic nitrogens is 4. The lowest BCUT2D eigenvalue weighted by Crippen LogP contribution is -2.30. The van der Waals surface area contributed by atoms with Crippen molar-refractivity contribution in [1.29, 1.82) is 0 Å². The number of hydrogen-bond acceptors (Lipinski definition) is 4. The van der Waals surface area contributed by atoms with E-state index in [1.54, 1.807) is 24.4 Å². The zero-order valence-electron chi connectivity index (χ0n) is 17.7. The van der Waals surface area contributed by atoms with Crippen LogP contribution in [-0.4, -0.2) is 31.6 Å². The molecular formula is C23H29N5O2. The van der Waals surface area contributed by atoms with Gasteiger partial charge in [0.05, 0.1) is 10.9 Å². The molecule has 4 rings (SSSR count). The van der Waals surface area contributed by atoms with E-state index in [0.29, 0.717) is 23.0 Å². The molecule has 3 aromatic rings. The summed E-state index contributed by atoms with van der Waals surface area (Å²) in [4.78, 5) is 34.6. The summed E-state index contributed by atoms with van der Waals surface area (Å²) < 4.78 is 3.90. The third-order valence-electron chi connectivity index (χ3n) is 5.87. The molecule has 1 amide bonds. The smallest absolute Gasteiger partial charge is 0.261 e. The van der Waals surface area contributed by atoms with Crippen LogP contribution < -0.4 is 10.9 Å². The Morgan fingerprint density at radius 2 is 2.07 bits per heavy atom. The predicted octanol–water partition coefficient (Wildman–Crippen LogP) is 3.08. The molecule has 1 aliphatic rings. The van der Waals surface area contributed by atoms with Gasteiger partial charge in [-0.3, -0.25) is 14.2 Å². The molecule has 158 valence electrons. The first kappa shape index (κ1) is 20.3. The average molecular weight is 408 g/mol. The van der Waals surface area contributed by atoms with E-state index in [4.69, 9.17) is 4.98 Å². The highest BCUT2D eigenvalue weighted by atomic mass is 16.1. The van der Waals surface area contributed by atoms with E-state index >= 15 is 0 Å². The average Bonchev–Trinajstić information content (AvgIpc) is 3.11. The van der Waals surface area contributed by atoms with Gasteiger partial charge in [0.2, 0.25) is 0 Å². The van der Waals surface area contributed by atoms with E-state index in [0.717, 1.165) is 50.4 Å². The van der Waals surface area contributed by atoms with Crippen LogP contribution in [0.5, 0.6) is 0 Å². The number of amides is 1. The van der Waals surface area contributed by atoms with Gasteiger partial charge in [-0.25, -0.2) is 9.97 Å². The van der Waals surface area contributed by atoms with Gasteiger partial charge in [-0.1, -0.05) is 19.8 Å². The Kier molecular flexibility index (Phi) is 5.97. The predicted molar refractivity (Wildman–Crippen MR) is 117 cm³/mol. The van der Waals surface area contributed by atoms with Crippen LogP contribution in [-0.2, 0) is 19.5 Å². The molecular weight excluding hydrogens is 378 g/mol. The number of nitrogens with zero attached hydrogens (tertiary/aromatic N) is 4. The van der Waals surface area contributed by atoms with Crippen molar-refractivity contribution in [2.24, 2.45) is 5.92 Å². The lowest BCUT2D eigenvalue weighted by Gasteiger charge is -2.17. The van der Waals surface area contributed by atoms with Crippen molar-refractivity contribution in [2.75, 3.05) is 6.54 Å². The number of imidazole rings is 1. The quantitative estimate of drug-likeness (QED) is 0.705. The second kappa shape index (κ2) is 8.81. The number of hydrogen-bond donors (Lipinski definition) is 1. The van der Waals surface area contributed by atoms with Gasteiger partial charge in [-0.05, 0) is 43.9 Å². The zero-order chi connectivity index (χ0) is 21.1. The Hall–Kier alpha value is -2.96. The number of rotatable bonds is 5. The minimum absolute atomic E-state index is 0.00758. The molecule has 0 fully saturated rings. The molecule has 0 saturated carbocycles. The Balaban J connectivity index is 1.49. The van der Waals surface area contributed by atoms with Crippen LogP contribution in [0.2, 0.25) is 0 Å². The molecule has 7 heteroatoms. The first-order valence-electron chi connectivity index (χ1n) is 10.8. The van der Waals surface area contributed by atoms with Gasteiger partial charge in [0, 0.05) is 44.0 Å². The van der Waals surface area contributed by atoms with E-state index < -0.39 is 0 Å².